The third-order valence-electron chi connectivity index (χ3n) is 4.32. The van der Waals surface area contributed by atoms with Gasteiger partial charge >= 0.3 is 0 Å². The standard InChI is InChI=1S/C19H20N4O2.2ClH/c1-19(2,3)15-6-4-12(10-20-15)18(24)22-16-11-23-13-8-9-25-14(13)5-7-17(23)21-16;;/h4-7,10-11H,8-9H2,1-3H3,(H,22,24);2*1H. The van der Waals surface area contributed by atoms with Gasteiger partial charge in [0, 0.05) is 23.7 Å². The molecule has 0 saturated carbocycles. The first kappa shape index (κ1) is 21.0. The average Bonchev–Trinajstić information content (AvgIpc) is 3.19. The van der Waals surface area contributed by atoms with E-state index in [4.69, 9.17) is 4.74 Å². The fourth-order valence-corrected chi connectivity index (χ4v) is 2.95. The van der Waals surface area contributed by atoms with Gasteiger partial charge in [0.1, 0.15) is 11.4 Å². The van der Waals surface area contributed by atoms with Gasteiger partial charge in [-0.1, -0.05) is 20.8 Å². The lowest BCUT2D eigenvalue weighted by atomic mass is 9.91. The number of carbonyl (C=O) groups is 1. The monoisotopic (exact) mass is 408 g/mol. The van der Waals surface area contributed by atoms with Crippen LogP contribution in [0.2, 0.25) is 0 Å². The van der Waals surface area contributed by atoms with Crippen LogP contribution in [-0.4, -0.2) is 26.9 Å². The molecule has 0 aromatic carbocycles. The quantitative estimate of drug-likeness (QED) is 0.693. The number of imidazole rings is 1. The molecule has 0 atom stereocenters. The lowest BCUT2D eigenvalue weighted by Crippen LogP contribution is -2.16. The van der Waals surface area contributed by atoms with Gasteiger partial charge in [-0.15, -0.1) is 24.8 Å². The van der Waals surface area contributed by atoms with Crippen LogP contribution >= 0.6 is 24.8 Å². The second kappa shape index (κ2) is 7.74. The number of fused-ring (bicyclic) bond motifs is 3. The normalized spacial score (nSPS) is 12.6. The van der Waals surface area contributed by atoms with Crippen LogP contribution in [0.25, 0.3) is 5.65 Å². The Labute approximate surface area is 170 Å². The Kier molecular flexibility index (Phi) is 6.02. The number of aromatic nitrogens is 3. The zero-order valence-electron chi connectivity index (χ0n) is 15.4. The first-order valence-corrected chi connectivity index (χ1v) is 8.33. The van der Waals surface area contributed by atoms with Gasteiger partial charge in [-0.3, -0.25) is 14.2 Å². The maximum Gasteiger partial charge on any atom is 0.258 e. The Bertz CT molecular complexity index is 962. The van der Waals surface area contributed by atoms with Crippen molar-refractivity contribution in [1.29, 1.82) is 0 Å². The molecule has 8 heteroatoms. The minimum absolute atomic E-state index is 0. The first-order chi connectivity index (χ1) is 11.9. The Morgan fingerprint density at radius 3 is 2.63 bits per heavy atom. The summed E-state index contributed by atoms with van der Waals surface area (Å²) in [6.07, 6.45) is 4.28. The maximum absolute atomic E-state index is 12.5. The minimum atomic E-state index is -0.218. The fourth-order valence-electron chi connectivity index (χ4n) is 2.95. The van der Waals surface area contributed by atoms with E-state index in [1.807, 2.05) is 28.8 Å². The van der Waals surface area contributed by atoms with Gasteiger partial charge in [-0.2, -0.15) is 0 Å². The molecule has 1 aliphatic heterocycles. The van der Waals surface area contributed by atoms with E-state index in [-0.39, 0.29) is 36.1 Å². The molecule has 1 N–H and O–H groups in total. The van der Waals surface area contributed by atoms with E-state index in [1.165, 1.54) is 0 Å². The zero-order valence-corrected chi connectivity index (χ0v) is 17.0. The predicted molar refractivity (Wildman–Crippen MR) is 110 cm³/mol. The van der Waals surface area contributed by atoms with E-state index in [2.05, 4.69) is 36.1 Å². The number of hydrogen-bond donors (Lipinski definition) is 1. The van der Waals surface area contributed by atoms with Crippen LogP contribution < -0.4 is 10.1 Å². The van der Waals surface area contributed by atoms with Crippen LogP contribution in [0.4, 0.5) is 5.82 Å². The molecule has 1 amide bonds. The number of pyridine rings is 2. The molecular formula is C19H22Cl2N4O2. The van der Waals surface area contributed by atoms with Gasteiger partial charge in [-0.05, 0) is 24.3 Å². The lowest BCUT2D eigenvalue weighted by Gasteiger charge is -2.17. The van der Waals surface area contributed by atoms with Gasteiger partial charge in [-0.25, -0.2) is 4.98 Å². The molecular weight excluding hydrogens is 387 g/mol. The highest BCUT2D eigenvalue weighted by molar-refractivity contribution is 6.03. The van der Waals surface area contributed by atoms with Gasteiger partial charge in [0.25, 0.3) is 5.91 Å². The summed E-state index contributed by atoms with van der Waals surface area (Å²) in [4.78, 5) is 21.3. The third kappa shape index (κ3) is 4.01. The number of hydrogen-bond acceptors (Lipinski definition) is 4. The van der Waals surface area contributed by atoms with E-state index in [9.17, 15) is 4.79 Å². The number of nitrogens with one attached hydrogen (secondary N) is 1. The van der Waals surface area contributed by atoms with Crippen LogP contribution in [0.1, 0.15) is 42.5 Å². The highest BCUT2D eigenvalue weighted by Gasteiger charge is 2.18. The number of carbonyl (C=O) groups excluding carboxylic acids is 1. The number of ether oxygens (including phenoxy) is 1. The first-order valence-electron chi connectivity index (χ1n) is 8.33. The van der Waals surface area contributed by atoms with E-state index >= 15 is 0 Å². The molecule has 0 saturated heterocycles. The second-order valence-corrected chi connectivity index (χ2v) is 7.23. The molecule has 6 nitrogen and oxygen atoms in total. The van der Waals surface area contributed by atoms with Crippen molar-refractivity contribution in [3.8, 4) is 5.75 Å². The maximum atomic E-state index is 12.5. The average molecular weight is 409 g/mol. The number of halogens is 2. The summed E-state index contributed by atoms with van der Waals surface area (Å²) >= 11 is 0. The molecule has 0 aliphatic carbocycles. The molecule has 3 aromatic rings. The summed E-state index contributed by atoms with van der Waals surface area (Å²) in [5, 5.41) is 2.85. The van der Waals surface area contributed by atoms with E-state index in [0.717, 1.165) is 29.2 Å². The molecule has 1 aliphatic rings. The van der Waals surface area contributed by atoms with Crippen LogP contribution in [0.15, 0.2) is 36.7 Å². The van der Waals surface area contributed by atoms with Gasteiger partial charge in [0.05, 0.1) is 24.1 Å². The zero-order chi connectivity index (χ0) is 17.6. The van der Waals surface area contributed by atoms with Gasteiger partial charge in [0.15, 0.2) is 5.82 Å². The molecule has 0 bridgehead atoms. The lowest BCUT2D eigenvalue weighted by molar-refractivity contribution is 0.102. The van der Waals surface area contributed by atoms with Crippen LogP contribution in [0, 0.1) is 0 Å². The summed E-state index contributed by atoms with van der Waals surface area (Å²) in [5.74, 6) is 1.18. The molecule has 0 spiro atoms. The minimum Gasteiger partial charge on any atom is -0.491 e. The van der Waals surface area contributed by atoms with Crippen molar-refractivity contribution in [3.63, 3.8) is 0 Å². The largest absolute Gasteiger partial charge is 0.491 e. The number of rotatable bonds is 2. The number of nitrogens with zero attached hydrogens (tertiary/aromatic N) is 3. The molecule has 4 rings (SSSR count). The summed E-state index contributed by atoms with van der Waals surface area (Å²) in [6.45, 7) is 6.95. The molecule has 144 valence electrons. The van der Waals surface area contributed by atoms with Crippen LogP contribution in [0.3, 0.4) is 0 Å². The molecule has 4 heterocycles. The SMILES string of the molecule is CC(C)(C)c1ccc(C(=O)Nc2cn3c4c(ccc3n2)OCC4)cn1.Cl.Cl. The van der Waals surface area contributed by atoms with Crippen molar-refractivity contribution < 1.29 is 9.53 Å². The Morgan fingerprint density at radius 2 is 1.96 bits per heavy atom. The predicted octanol–water partition coefficient (Wildman–Crippen LogP) is 4.06. The van der Waals surface area contributed by atoms with Crippen molar-refractivity contribution in [2.45, 2.75) is 32.6 Å². The second-order valence-electron chi connectivity index (χ2n) is 7.23. The fraction of sp³-hybridized carbons (Fsp3) is 0.316. The van der Waals surface area contributed by atoms with Crippen molar-refractivity contribution in [3.05, 3.63) is 53.6 Å². The van der Waals surface area contributed by atoms with Crippen LogP contribution in [-0.2, 0) is 11.8 Å². The van der Waals surface area contributed by atoms with E-state index in [0.29, 0.717) is 18.0 Å². The van der Waals surface area contributed by atoms with Gasteiger partial charge in [0.2, 0.25) is 0 Å². The number of anilines is 1. The van der Waals surface area contributed by atoms with Crippen LogP contribution in [0.5, 0.6) is 5.75 Å². The Hall–Kier alpha value is -2.31. The Morgan fingerprint density at radius 1 is 1.19 bits per heavy atom. The third-order valence-corrected chi connectivity index (χ3v) is 4.32. The van der Waals surface area contributed by atoms with Crippen molar-refractivity contribution >= 4 is 42.2 Å². The van der Waals surface area contributed by atoms with E-state index in [1.54, 1.807) is 12.3 Å². The molecule has 3 aromatic heterocycles. The Balaban J connectivity index is 0.00000131. The van der Waals surface area contributed by atoms with Gasteiger partial charge < -0.3 is 10.1 Å². The molecule has 27 heavy (non-hydrogen) atoms. The van der Waals surface area contributed by atoms with Crippen molar-refractivity contribution in [2.75, 3.05) is 11.9 Å². The summed E-state index contributed by atoms with van der Waals surface area (Å²) in [7, 11) is 0. The summed E-state index contributed by atoms with van der Waals surface area (Å²) in [5.41, 5.74) is 3.30. The molecule has 0 radical (unpaired) electrons. The summed E-state index contributed by atoms with van der Waals surface area (Å²) < 4.78 is 7.53. The topological polar surface area (TPSA) is 68.5 Å². The van der Waals surface area contributed by atoms with Crippen molar-refractivity contribution in [2.24, 2.45) is 0 Å². The highest BCUT2D eigenvalue weighted by Crippen LogP contribution is 2.27. The molecule has 0 unspecified atom stereocenters. The van der Waals surface area contributed by atoms with E-state index < -0.39 is 0 Å². The van der Waals surface area contributed by atoms with Crippen molar-refractivity contribution in [1.82, 2.24) is 14.4 Å². The smallest absolute Gasteiger partial charge is 0.258 e. The molecule has 0 fully saturated rings. The number of amides is 1. The highest BCUT2D eigenvalue weighted by atomic mass is 35.5. The summed E-state index contributed by atoms with van der Waals surface area (Å²) in [6, 6.07) is 7.50.